The first-order valence-electron chi connectivity index (χ1n) is 6.56. The molecule has 1 aromatic carbocycles. The van der Waals surface area contributed by atoms with E-state index in [4.69, 9.17) is 10.5 Å². The third kappa shape index (κ3) is 4.51. The Kier molecular flexibility index (Phi) is 4.78. The number of aliphatic hydroxyl groups is 1. The summed E-state index contributed by atoms with van der Waals surface area (Å²) in [6.07, 6.45) is -0.494. The molecule has 5 heteroatoms. The molecule has 1 aromatic rings. The average Bonchev–Trinajstić information content (AvgIpc) is 2.29. The van der Waals surface area contributed by atoms with Crippen molar-refractivity contribution in [1.82, 2.24) is 0 Å². The van der Waals surface area contributed by atoms with Crippen LogP contribution in [0.15, 0.2) is 18.2 Å². The van der Waals surface area contributed by atoms with E-state index in [1.54, 1.807) is 19.1 Å². The minimum absolute atomic E-state index is 0.148. The van der Waals surface area contributed by atoms with Crippen molar-refractivity contribution in [3.05, 3.63) is 29.3 Å². The van der Waals surface area contributed by atoms with Gasteiger partial charge in [-0.05, 0) is 51.8 Å². The Morgan fingerprint density at radius 3 is 2.40 bits per heavy atom. The van der Waals surface area contributed by atoms with E-state index in [-0.39, 0.29) is 6.61 Å². The summed E-state index contributed by atoms with van der Waals surface area (Å²) in [5.41, 5.74) is 6.98. The number of carbonyl (C=O) groups excluding carboxylic acids is 1. The standard InChI is InChI=1S/C15H24N2O3/c1-10-8-11(15(5,16)9-18)6-7-12(10)17-13(19)20-14(2,3)4/h6-8,18H,9,16H2,1-5H3,(H,17,19). The van der Waals surface area contributed by atoms with Crippen LogP contribution in [0.1, 0.15) is 38.8 Å². The Bertz CT molecular complexity index is 490. The number of benzene rings is 1. The van der Waals surface area contributed by atoms with Crippen LogP contribution >= 0.6 is 0 Å². The predicted octanol–water partition coefficient (Wildman–Crippen LogP) is 2.51. The lowest BCUT2D eigenvalue weighted by Gasteiger charge is -2.24. The highest BCUT2D eigenvalue weighted by Gasteiger charge is 2.21. The fourth-order valence-corrected chi connectivity index (χ4v) is 1.66. The molecule has 1 rings (SSSR count). The van der Waals surface area contributed by atoms with Crippen molar-refractivity contribution in [2.24, 2.45) is 5.73 Å². The van der Waals surface area contributed by atoms with Crippen LogP contribution in [0.3, 0.4) is 0 Å². The van der Waals surface area contributed by atoms with Gasteiger partial charge in [0.1, 0.15) is 5.60 Å². The van der Waals surface area contributed by atoms with Gasteiger partial charge in [-0.2, -0.15) is 0 Å². The quantitative estimate of drug-likeness (QED) is 0.794. The van der Waals surface area contributed by atoms with E-state index in [1.807, 2.05) is 33.8 Å². The molecule has 0 radical (unpaired) electrons. The third-order valence-corrected chi connectivity index (χ3v) is 2.85. The second-order valence-electron chi connectivity index (χ2n) is 6.23. The van der Waals surface area contributed by atoms with Crippen LogP contribution in [-0.4, -0.2) is 23.4 Å². The van der Waals surface area contributed by atoms with Gasteiger partial charge >= 0.3 is 6.09 Å². The first-order chi connectivity index (χ1) is 9.05. The number of carbonyl (C=O) groups is 1. The van der Waals surface area contributed by atoms with Crippen molar-refractivity contribution in [1.29, 1.82) is 0 Å². The highest BCUT2D eigenvalue weighted by Crippen LogP contribution is 2.23. The number of nitrogens with one attached hydrogen (secondary N) is 1. The van der Waals surface area contributed by atoms with Crippen molar-refractivity contribution < 1.29 is 14.6 Å². The number of nitrogens with two attached hydrogens (primary N) is 1. The summed E-state index contributed by atoms with van der Waals surface area (Å²) in [6.45, 7) is 8.90. The molecule has 0 saturated carbocycles. The molecule has 0 aliphatic rings. The molecular formula is C15H24N2O3. The molecule has 1 amide bonds. The SMILES string of the molecule is Cc1cc(C(C)(N)CO)ccc1NC(=O)OC(C)(C)C. The first kappa shape index (κ1) is 16.5. The summed E-state index contributed by atoms with van der Waals surface area (Å²) in [4.78, 5) is 11.7. The Balaban J connectivity index is 2.87. The zero-order valence-electron chi connectivity index (χ0n) is 12.8. The maximum Gasteiger partial charge on any atom is 0.412 e. The summed E-state index contributed by atoms with van der Waals surface area (Å²) in [5.74, 6) is 0. The molecule has 1 unspecified atom stereocenters. The number of hydrogen-bond acceptors (Lipinski definition) is 4. The van der Waals surface area contributed by atoms with Crippen molar-refractivity contribution in [2.45, 2.75) is 45.8 Å². The van der Waals surface area contributed by atoms with Crippen LogP contribution in [0.2, 0.25) is 0 Å². The van der Waals surface area contributed by atoms with Gasteiger partial charge in [0.05, 0.1) is 12.1 Å². The molecule has 4 N–H and O–H groups in total. The molecule has 0 aliphatic carbocycles. The molecule has 0 aromatic heterocycles. The van der Waals surface area contributed by atoms with Crippen LogP contribution in [0.4, 0.5) is 10.5 Å². The maximum atomic E-state index is 11.7. The molecule has 0 bridgehead atoms. The van der Waals surface area contributed by atoms with E-state index in [1.165, 1.54) is 0 Å². The number of aliphatic hydroxyl groups excluding tert-OH is 1. The van der Waals surface area contributed by atoms with E-state index >= 15 is 0 Å². The summed E-state index contributed by atoms with van der Waals surface area (Å²) in [6, 6.07) is 5.40. The fourth-order valence-electron chi connectivity index (χ4n) is 1.66. The number of ether oxygens (including phenoxy) is 1. The van der Waals surface area contributed by atoms with Crippen molar-refractivity contribution in [3.8, 4) is 0 Å². The zero-order chi connectivity index (χ0) is 15.6. The number of hydrogen-bond donors (Lipinski definition) is 3. The average molecular weight is 280 g/mol. The normalized spacial score (nSPS) is 14.6. The van der Waals surface area contributed by atoms with Gasteiger partial charge in [0, 0.05) is 5.69 Å². The first-order valence-corrected chi connectivity index (χ1v) is 6.56. The molecule has 1 atom stereocenters. The monoisotopic (exact) mass is 280 g/mol. The van der Waals surface area contributed by atoms with Gasteiger partial charge in [0.15, 0.2) is 0 Å². The molecule has 5 nitrogen and oxygen atoms in total. The molecule has 0 spiro atoms. The topological polar surface area (TPSA) is 84.6 Å². The van der Waals surface area contributed by atoms with Gasteiger partial charge in [-0.25, -0.2) is 4.79 Å². The molecule has 20 heavy (non-hydrogen) atoms. The Hall–Kier alpha value is -1.59. The van der Waals surface area contributed by atoms with Crippen molar-refractivity contribution >= 4 is 11.8 Å². The van der Waals surface area contributed by atoms with E-state index in [0.717, 1.165) is 11.1 Å². The molecule has 0 heterocycles. The molecule has 0 aliphatic heterocycles. The summed E-state index contributed by atoms with van der Waals surface area (Å²) >= 11 is 0. The Morgan fingerprint density at radius 1 is 1.35 bits per heavy atom. The Morgan fingerprint density at radius 2 is 1.95 bits per heavy atom. The minimum atomic E-state index is -0.796. The largest absolute Gasteiger partial charge is 0.444 e. The fraction of sp³-hybridized carbons (Fsp3) is 0.533. The van der Waals surface area contributed by atoms with Crippen LogP contribution in [0.25, 0.3) is 0 Å². The molecular weight excluding hydrogens is 256 g/mol. The van der Waals surface area contributed by atoms with Crippen LogP contribution in [-0.2, 0) is 10.3 Å². The smallest absolute Gasteiger partial charge is 0.412 e. The predicted molar refractivity (Wildman–Crippen MR) is 79.7 cm³/mol. The summed E-state index contributed by atoms with van der Waals surface area (Å²) < 4.78 is 5.20. The second kappa shape index (κ2) is 5.81. The van der Waals surface area contributed by atoms with Crippen LogP contribution < -0.4 is 11.1 Å². The summed E-state index contributed by atoms with van der Waals surface area (Å²) in [5, 5.41) is 12.0. The number of rotatable bonds is 3. The zero-order valence-corrected chi connectivity index (χ0v) is 12.8. The lowest BCUT2D eigenvalue weighted by Crippen LogP contribution is -2.37. The van der Waals surface area contributed by atoms with Crippen molar-refractivity contribution in [3.63, 3.8) is 0 Å². The van der Waals surface area contributed by atoms with E-state index in [0.29, 0.717) is 5.69 Å². The van der Waals surface area contributed by atoms with Gasteiger partial charge in [-0.15, -0.1) is 0 Å². The Labute approximate surface area is 120 Å². The molecule has 0 fully saturated rings. The van der Waals surface area contributed by atoms with Gasteiger partial charge < -0.3 is 15.6 Å². The maximum absolute atomic E-state index is 11.7. The minimum Gasteiger partial charge on any atom is -0.444 e. The number of amides is 1. The number of anilines is 1. The molecule has 112 valence electrons. The lowest BCUT2D eigenvalue weighted by atomic mass is 9.92. The van der Waals surface area contributed by atoms with E-state index in [2.05, 4.69) is 5.32 Å². The highest BCUT2D eigenvalue weighted by atomic mass is 16.6. The third-order valence-electron chi connectivity index (χ3n) is 2.85. The van der Waals surface area contributed by atoms with E-state index in [9.17, 15) is 9.90 Å². The van der Waals surface area contributed by atoms with Gasteiger partial charge in [-0.3, -0.25) is 5.32 Å². The van der Waals surface area contributed by atoms with Crippen molar-refractivity contribution in [2.75, 3.05) is 11.9 Å². The van der Waals surface area contributed by atoms with Crippen LogP contribution in [0.5, 0.6) is 0 Å². The highest BCUT2D eigenvalue weighted by molar-refractivity contribution is 5.86. The lowest BCUT2D eigenvalue weighted by molar-refractivity contribution is 0.0636. The molecule has 0 saturated heterocycles. The second-order valence-corrected chi connectivity index (χ2v) is 6.23. The van der Waals surface area contributed by atoms with Crippen LogP contribution in [0, 0.1) is 6.92 Å². The summed E-state index contributed by atoms with van der Waals surface area (Å²) in [7, 11) is 0. The number of aryl methyl sites for hydroxylation is 1. The van der Waals surface area contributed by atoms with Gasteiger partial charge in [0.2, 0.25) is 0 Å². The van der Waals surface area contributed by atoms with Gasteiger partial charge in [0.25, 0.3) is 0 Å². The van der Waals surface area contributed by atoms with Gasteiger partial charge in [-0.1, -0.05) is 12.1 Å². The van der Waals surface area contributed by atoms with E-state index < -0.39 is 17.2 Å².